The van der Waals surface area contributed by atoms with E-state index < -0.39 is 0 Å². The van der Waals surface area contributed by atoms with Crippen molar-refractivity contribution in [3.05, 3.63) is 0 Å². The fraction of sp³-hybridized carbons (Fsp3) is 1.00. The Morgan fingerprint density at radius 2 is 0.826 bits per heavy atom. The Balaban J connectivity index is 2.92. The van der Waals surface area contributed by atoms with Crippen LogP contribution in [-0.2, 0) is 4.74 Å². The predicted molar refractivity (Wildman–Crippen MR) is 101 cm³/mol. The van der Waals surface area contributed by atoms with Crippen molar-refractivity contribution in [3.63, 3.8) is 0 Å². The predicted octanol–water partition coefficient (Wildman–Crippen LogP) is 7.62. The highest BCUT2D eigenvalue weighted by atomic mass is 19.1. The molecule has 0 rings (SSSR count). The Kier molecular flexibility index (Phi) is 21.8. The Labute approximate surface area is 145 Å². The number of ether oxygens (including phenoxy) is 1. The van der Waals surface area contributed by atoms with Crippen LogP contribution in [0.1, 0.15) is 116 Å². The molecule has 1 nitrogen and oxygen atoms in total. The number of hydrogen-bond acceptors (Lipinski definition) is 1. The average Bonchev–Trinajstić information content (AvgIpc) is 2.57. The van der Waals surface area contributed by atoms with Crippen molar-refractivity contribution < 1.29 is 9.13 Å². The second-order valence-electron chi connectivity index (χ2n) is 6.96. The molecule has 0 atom stereocenters. The van der Waals surface area contributed by atoms with Crippen molar-refractivity contribution in [2.45, 2.75) is 116 Å². The quantitative estimate of drug-likeness (QED) is 0.209. The van der Waals surface area contributed by atoms with E-state index in [1.54, 1.807) is 0 Å². The van der Waals surface area contributed by atoms with Gasteiger partial charge in [-0.15, -0.1) is 0 Å². The first-order chi connectivity index (χ1) is 11.4. The molecule has 0 aliphatic carbocycles. The zero-order valence-corrected chi connectivity index (χ0v) is 15.9. The van der Waals surface area contributed by atoms with Gasteiger partial charge in [-0.05, 0) is 19.3 Å². The standard InChI is InChI=1S/C21H43FO/c1-2-3-4-5-6-7-8-9-11-14-17-20-23-21-18-15-12-10-13-16-19-22/h2-21H2,1H3. The fourth-order valence-corrected chi connectivity index (χ4v) is 2.98. The number of rotatable bonds is 20. The fourth-order valence-electron chi connectivity index (χ4n) is 2.98. The zero-order chi connectivity index (χ0) is 16.8. The van der Waals surface area contributed by atoms with Gasteiger partial charge in [0, 0.05) is 13.2 Å². The van der Waals surface area contributed by atoms with Crippen LogP contribution >= 0.6 is 0 Å². The molecule has 0 spiro atoms. The number of hydrogen-bond donors (Lipinski definition) is 0. The second kappa shape index (κ2) is 21.9. The van der Waals surface area contributed by atoms with E-state index in [9.17, 15) is 4.39 Å². The topological polar surface area (TPSA) is 9.23 Å². The number of unbranched alkanes of at least 4 members (excludes halogenated alkanes) is 15. The first kappa shape index (κ1) is 22.9. The first-order valence-electron chi connectivity index (χ1n) is 10.6. The molecule has 0 amide bonds. The summed E-state index contributed by atoms with van der Waals surface area (Å²) in [6.07, 6.45) is 21.9. The molecule has 140 valence electrons. The minimum Gasteiger partial charge on any atom is -0.381 e. The number of alkyl halides is 1. The van der Waals surface area contributed by atoms with Gasteiger partial charge in [0.1, 0.15) is 0 Å². The molecule has 0 aromatic rings. The van der Waals surface area contributed by atoms with Crippen LogP contribution in [0, 0.1) is 0 Å². The van der Waals surface area contributed by atoms with Gasteiger partial charge >= 0.3 is 0 Å². The third-order valence-corrected chi connectivity index (χ3v) is 4.56. The van der Waals surface area contributed by atoms with Crippen LogP contribution in [0.15, 0.2) is 0 Å². The lowest BCUT2D eigenvalue weighted by Crippen LogP contribution is -1.97. The van der Waals surface area contributed by atoms with Crippen LogP contribution in [0.2, 0.25) is 0 Å². The Morgan fingerprint density at radius 1 is 0.478 bits per heavy atom. The summed E-state index contributed by atoms with van der Waals surface area (Å²) in [6, 6.07) is 0. The van der Waals surface area contributed by atoms with Gasteiger partial charge in [-0.25, -0.2) is 0 Å². The van der Waals surface area contributed by atoms with E-state index in [0.29, 0.717) is 0 Å². The summed E-state index contributed by atoms with van der Waals surface area (Å²) in [5.41, 5.74) is 0. The van der Waals surface area contributed by atoms with Gasteiger partial charge < -0.3 is 4.74 Å². The van der Waals surface area contributed by atoms with E-state index in [1.165, 1.54) is 96.3 Å². The molecule has 0 heterocycles. The first-order valence-corrected chi connectivity index (χ1v) is 10.6. The van der Waals surface area contributed by atoms with Crippen LogP contribution in [0.25, 0.3) is 0 Å². The molecule has 0 unspecified atom stereocenters. The zero-order valence-electron chi connectivity index (χ0n) is 15.9. The summed E-state index contributed by atoms with van der Waals surface area (Å²) >= 11 is 0. The minimum atomic E-state index is -0.151. The van der Waals surface area contributed by atoms with Crippen LogP contribution < -0.4 is 0 Å². The van der Waals surface area contributed by atoms with Crippen LogP contribution in [-0.4, -0.2) is 19.9 Å². The molecule has 0 saturated carbocycles. The molecular weight excluding hydrogens is 287 g/mol. The highest BCUT2D eigenvalue weighted by molar-refractivity contribution is 4.48. The summed E-state index contributed by atoms with van der Waals surface area (Å²) in [5, 5.41) is 0. The Hall–Kier alpha value is -0.110. The van der Waals surface area contributed by atoms with Crippen molar-refractivity contribution in [2.75, 3.05) is 19.9 Å². The summed E-state index contributed by atoms with van der Waals surface area (Å²) < 4.78 is 17.6. The lowest BCUT2D eigenvalue weighted by molar-refractivity contribution is 0.125. The maximum Gasteiger partial charge on any atom is 0.0894 e. The molecule has 0 N–H and O–H groups in total. The van der Waals surface area contributed by atoms with Gasteiger partial charge in [0.2, 0.25) is 0 Å². The molecule has 0 saturated heterocycles. The molecule has 0 fully saturated rings. The highest BCUT2D eigenvalue weighted by Gasteiger charge is 1.95. The molecule has 0 aromatic carbocycles. The molecule has 0 radical (unpaired) electrons. The third-order valence-electron chi connectivity index (χ3n) is 4.56. The van der Waals surface area contributed by atoms with E-state index >= 15 is 0 Å². The van der Waals surface area contributed by atoms with Crippen molar-refractivity contribution in [2.24, 2.45) is 0 Å². The Morgan fingerprint density at radius 3 is 1.22 bits per heavy atom. The van der Waals surface area contributed by atoms with Crippen LogP contribution in [0.4, 0.5) is 4.39 Å². The molecule has 0 aromatic heterocycles. The van der Waals surface area contributed by atoms with E-state index in [-0.39, 0.29) is 6.67 Å². The normalized spacial score (nSPS) is 11.2. The monoisotopic (exact) mass is 330 g/mol. The maximum atomic E-state index is 11.9. The van der Waals surface area contributed by atoms with E-state index in [4.69, 9.17) is 4.74 Å². The van der Waals surface area contributed by atoms with Gasteiger partial charge in [0.05, 0.1) is 6.67 Å². The second-order valence-corrected chi connectivity index (χ2v) is 6.96. The lowest BCUT2D eigenvalue weighted by Gasteiger charge is -2.05. The largest absolute Gasteiger partial charge is 0.381 e. The van der Waals surface area contributed by atoms with Gasteiger partial charge in [0.15, 0.2) is 0 Å². The van der Waals surface area contributed by atoms with Gasteiger partial charge in [0.25, 0.3) is 0 Å². The molecule has 23 heavy (non-hydrogen) atoms. The highest BCUT2D eigenvalue weighted by Crippen LogP contribution is 2.11. The average molecular weight is 331 g/mol. The van der Waals surface area contributed by atoms with E-state index in [2.05, 4.69) is 6.92 Å². The van der Waals surface area contributed by atoms with Crippen molar-refractivity contribution in [1.82, 2.24) is 0 Å². The van der Waals surface area contributed by atoms with Gasteiger partial charge in [-0.1, -0.05) is 96.8 Å². The molecular formula is C21H43FO. The summed E-state index contributed by atoms with van der Waals surface area (Å²) in [7, 11) is 0. The summed E-state index contributed by atoms with van der Waals surface area (Å²) in [4.78, 5) is 0. The van der Waals surface area contributed by atoms with Gasteiger partial charge in [-0.3, -0.25) is 4.39 Å². The Bertz CT molecular complexity index is 176. The van der Waals surface area contributed by atoms with E-state index in [0.717, 1.165) is 26.1 Å². The maximum absolute atomic E-state index is 11.9. The van der Waals surface area contributed by atoms with E-state index in [1.807, 2.05) is 0 Å². The van der Waals surface area contributed by atoms with Crippen LogP contribution in [0.3, 0.4) is 0 Å². The van der Waals surface area contributed by atoms with Crippen molar-refractivity contribution in [3.8, 4) is 0 Å². The molecule has 0 bridgehead atoms. The third kappa shape index (κ3) is 21.9. The molecule has 0 aliphatic heterocycles. The molecule has 0 aliphatic rings. The van der Waals surface area contributed by atoms with Crippen LogP contribution in [0.5, 0.6) is 0 Å². The number of halogens is 1. The molecule has 2 heteroatoms. The lowest BCUT2D eigenvalue weighted by atomic mass is 10.1. The summed E-state index contributed by atoms with van der Waals surface area (Å²) in [5.74, 6) is 0. The van der Waals surface area contributed by atoms with Crippen molar-refractivity contribution in [1.29, 1.82) is 0 Å². The smallest absolute Gasteiger partial charge is 0.0894 e. The van der Waals surface area contributed by atoms with Crippen molar-refractivity contribution >= 4 is 0 Å². The minimum absolute atomic E-state index is 0.151. The SMILES string of the molecule is CCCCCCCCCCCCCOCCCCCCCCF. The summed E-state index contributed by atoms with van der Waals surface area (Å²) in [6.45, 7) is 3.99. The van der Waals surface area contributed by atoms with Gasteiger partial charge in [-0.2, -0.15) is 0 Å².